The van der Waals surface area contributed by atoms with Crippen LogP contribution in [-0.2, 0) is 27.3 Å². The molecule has 0 bridgehead atoms. The minimum atomic E-state index is -0.554. The van der Waals surface area contributed by atoms with Gasteiger partial charge in [0.25, 0.3) is 5.91 Å². The Morgan fingerprint density at radius 3 is 2.29 bits per heavy atom. The summed E-state index contributed by atoms with van der Waals surface area (Å²) in [6.07, 6.45) is -0.0489. The molecule has 7 nitrogen and oxygen atoms in total. The zero-order valence-electron chi connectivity index (χ0n) is 15.9. The van der Waals surface area contributed by atoms with Gasteiger partial charge < -0.3 is 24.3 Å². The van der Waals surface area contributed by atoms with Crippen LogP contribution in [0.5, 0.6) is 17.2 Å². The summed E-state index contributed by atoms with van der Waals surface area (Å²) in [4.78, 5) is 23.9. The molecular weight excluding hydrogens is 386 g/mol. The van der Waals surface area contributed by atoms with Crippen LogP contribution in [0.2, 0.25) is 5.02 Å². The van der Waals surface area contributed by atoms with Crippen LogP contribution in [0.4, 0.5) is 0 Å². The van der Waals surface area contributed by atoms with Gasteiger partial charge in [-0.1, -0.05) is 17.7 Å². The third kappa shape index (κ3) is 6.06. The molecule has 0 aliphatic heterocycles. The highest BCUT2D eigenvalue weighted by Crippen LogP contribution is 2.27. The summed E-state index contributed by atoms with van der Waals surface area (Å²) in [5.41, 5.74) is 1.41. The lowest BCUT2D eigenvalue weighted by Crippen LogP contribution is -2.28. The van der Waals surface area contributed by atoms with E-state index in [1.54, 1.807) is 43.5 Å². The number of benzene rings is 2. The first-order chi connectivity index (χ1) is 13.5. The molecule has 0 radical (unpaired) electrons. The third-order valence-corrected chi connectivity index (χ3v) is 4.11. The van der Waals surface area contributed by atoms with E-state index in [9.17, 15) is 9.59 Å². The molecule has 2 rings (SSSR count). The molecule has 0 saturated heterocycles. The maximum absolute atomic E-state index is 12.0. The molecule has 1 N–H and O–H groups in total. The average Bonchev–Trinajstić information content (AvgIpc) is 2.70. The number of amides is 1. The van der Waals surface area contributed by atoms with Gasteiger partial charge in [0.2, 0.25) is 0 Å². The molecule has 28 heavy (non-hydrogen) atoms. The van der Waals surface area contributed by atoms with Gasteiger partial charge in [0.05, 0.1) is 27.8 Å². The van der Waals surface area contributed by atoms with Crippen LogP contribution in [0.15, 0.2) is 36.4 Å². The summed E-state index contributed by atoms with van der Waals surface area (Å²) in [6, 6.07) is 10.3. The van der Waals surface area contributed by atoms with Crippen molar-refractivity contribution in [3.63, 3.8) is 0 Å². The lowest BCUT2D eigenvalue weighted by molar-refractivity contribution is -0.147. The van der Waals surface area contributed by atoms with Crippen LogP contribution in [-0.4, -0.2) is 39.8 Å². The first-order valence-electron chi connectivity index (χ1n) is 8.42. The molecule has 0 atom stereocenters. The van der Waals surface area contributed by atoms with Gasteiger partial charge in [0, 0.05) is 17.1 Å². The monoisotopic (exact) mass is 407 g/mol. The minimum absolute atomic E-state index is 0.0489. The van der Waals surface area contributed by atoms with Crippen molar-refractivity contribution in [3.05, 3.63) is 52.5 Å². The van der Waals surface area contributed by atoms with Crippen LogP contribution < -0.4 is 19.5 Å². The number of carbonyl (C=O) groups excluding carboxylic acids is 2. The lowest BCUT2D eigenvalue weighted by Gasteiger charge is -2.11. The molecule has 0 aliphatic rings. The maximum Gasteiger partial charge on any atom is 0.310 e. The first kappa shape index (κ1) is 21.4. The van der Waals surface area contributed by atoms with E-state index >= 15 is 0 Å². The zero-order chi connectivity index (χ0) is 20.5. The van der Waals surface area contributed by atoms with Gasteiger partial charge in [-0.05, 0) is 35.9 Å². The molecule has 0 heterocycles. The number of methoxy groups -OCH3 is 3. The topological polar surface area (TPSA) is 83.1 Å². The molecule has 1 amide bonds. The van der Waals surface area contributed by atoms with Crippen LogP contribution in [0, 0.1) is 0 Å². The van der Waals surface area contributed by atoms with E-state index in [0.29, 0.717) is 27.8 Å². The van der Waals surface area contributed by atoms with E-state index < -0.39 is 11.9 Å². The summed E-state index contributed by atoms with van der Waals surface area (Å²) >= 11 is 5.94. The number of rotatable bonds is 9. The highest BCUT2D eigenvalue weighted by atomic mass is 35.5. The summed E-state index contributed by atoms with van der Waals surface area (Å²) in [5.74, 6) is 0.723. The number of ether oxygens (including phenoxy) is 4. The van der Waals surface area contributed by atoms with E-state index in [0.717, 1.165) is 5.56 Å². The van der Waals surface area contributed by atoms with Crippen LogP contribution in [0.25, 0.3) is 0 Å². The zero-order valence-corrected chi connectivity index (χ0v) is 16.7. The number of carbonyl (C=O) groups is 2. The van der Waals surface area contributed by atoms with Crippen LogP contribution >= 0.6 is 11.6 Å². The van der Waals surface area contributed by atoms with Gasteiger partial charge in [0.15, 0.2) is 18.1 Å². The van der Waals surface area contributed by atoms with Crippen molar-refractivity contribution in [2.75, 3.05) is 27.9 Å². The standard InChI is InChI=1S/C20H22ClNO6/c1-25-16-7-5-15(21)9-14(16)10-20(24)28-12-19(23)22-11-13-4-6-17(26-2)18(8-13)27-3/h4-9H,10-12H2,1-3H3,(H,22,23). The number of esters is 1. The number of halogens is 1. The molecule has 8 heteroatoms. The summed E-state index contributed by atoms with van der Waals surface area (Å²) < 4.78 is 20.6. The van der Waals surface area contributed by atoms with Gasteiger partial charge in [-0.25, -0.2) is 0 Å². The smallest absolute Gasteiger partial charge is 0.310 e. The molecule has 2 aromatic carbocycles. The Balaban J connectivity index is 1.82. The molecule has 0 fully saturated rings. The molecular formula is C20H22ClNO6. The molecule has 0 aliphatic carbocycles. The summed E-state index contributed by atoms with van der Waals surface area (Å²) in [6.45, 7) is -0.117. The number of hydrogen-bond acceptors (Lipinski definition) is 6. The largest absolute Gasteiger partial charge is 0.496 e. The second-order valence-electron chi connectivity index (χ2n) is 5.76. The SMILES string of the molecule is COc1ccc(Cl)cc1CC(=O)OCC(=O)NCc1ccc(OC)c(OC)c1. The average molecular weight is 408 g/mol. The van der Waals surface area contributed by atoms with Crippen LogP contribution in [0.3, 0.4) is 0 Å². The Bertz CT molecular complexity index is 839. The van der Waals surface area contributed by atoms with E-state index in [4.69, 9.17) is 30.5 Å². The molecule has 2 aromatic rings. The summed E-state index contributed by atoms with van der Waals surface area (Å²) in [5, 5.41) is 3.16. The van der Waals surface area contributed by atoms with Crippen molar-refractivity contribution in [2.24, 2.45) is 0 Å². The van der Waals surface area contributed by atoms with Gasteiger partial charge in [-0.15, -0.1) is 0 Å². The Morgan fingerprint density at radius 1 is 0.929 bits per heavy atom. The Hall–Kier alpha value is -2.93. The van der Waals surface area contributed by atoms with E-state index in [1.165, 1.54) is 14.2 Å². The number of nitrogens with one attached hydrogen (secondary N) is 1. The molecule has 0 aromatic heterocycles. The van der Waals surface area contributed by atoms with Crippen molar-refractivity contribution >= 4 is 23.5 Å². The number of hydrogen-bond donors (Lipinski definition) is 1. The fraction of sp³-hybridized carbons (Fsp3) is 0.300. The fourth-order valence-electron chi connectivity index (χ4n) is 2.48. The first-order valence-corrected chi connectivity index (χ1v) is 8.80. The quantitative estimate of drug-likeness (QED) is 0.643. The normalized spacial score (nSPS) is 10.1. The van der Waals surface area contributed by atoms with Crippen molar-refractivity contribution in [1.82, 2.24) is 5.32 Å². The predicted molar refractivity (Wildman–Crippen MR) is 104 cm³/mol. The van der Waals surface area contributed by atoms with E-state index in [2.05, 4.69) is 5.32 Å². The van der Waals surface area contributed by atoms with Crippen molar-refractivity contribution in [2.45, 2.75) is 13.0 Å². The van der Waals surface area contributed by atoms with Gasteiger partial charge in [-0.2, -0.15) is 0 Å². The van der Waals surface area contributed by atoms with E-state index in [1.807, 2.05) is 0 Å². The van der Waals surface area contributed by atoms with E-state index in [-0.39, 0.29) is 19.6 Å². The Labute approximate surface area is 168 Å². The Kier molecular flexibility index (Phi) is 7.95. The molecule has 0 unspecified atom stereocenters. The van der Waals surface area contributed by atoms with Gasteiger partial charge in [0.1, 0.15) is 5.75 Å². The lowest BCUT2D eigenvalue weighted by atomic mass is 10.1. The van der Waals surface area contributed by atoms with Gasteiger partial charge >= 0.3 is 5.97 Å². The molecule has 0 saturated carbocycles. The second-order valence-corrected chi connectivity index (χ2v) is 6.20. The Morgan fingerprint density at radius 2 is 1.61 bits per heavy atom. The predicted octanol–water partition coefficient (Wildman–Crippen LogP) is 2.77. The maximum atomic E-state index is 12.0. The highest BCUT2D eigenvalue weighted by molar-refractivity contribution is 6.30. The van der Waals surface area contributed by atoms with Crippen molar-refractivity contribution in [1.29, 1.82) is 0 Å². The van der Waals surface area contributed by atoms with Crippen LogP contribution in [0.1, 0.15) is 11.1 Å². The highest BCUT2D eigenvalue weighted by Gasteiger charge is 2.13. The van der Waals surface area contributed by atoms with Crippen molar-refractivity contribution in [3.8, 4) is 17.2 Å². The molecule has 0 spiro atoms. The van der Waals surface area contributed by atoms with Gasteiger partial charge in [-0.3, -0.25) is 9.59 Å². The molecule has 150 valence electrons. The fourth-order valence-corrected chi connectivity index (χ4v) is 2.67. The second kappa shape index (κ2) is 10.4. The summed E-state index contributed by atoms with van der Waals surface area (Å²) in [7, 11) is 4.58. The third-order valence-electron chi connectivity index (χ3n) is 3.88. The minimum Gasteiger partial charge on any atom is -0.496 e. The van der Waals surface area contributed by atoms with Crippen molar-refractivity contribution < 1.29 is 28.5 Å².